The molecule has 0 aliphatic heterocycles. The topological polar surface area (TPSA) is 127 Å². The summed E-state index contributed by atoms with van der Waals surface area (Å²) < 4.78 is 10.4. The van der Waals surface area contributed by atoms with Crippen molar-refractivity contribution in [2.45, 2.75) is 0 Å². The van der Waals surface area contributed by atoms with Crippen LogP contribution in [0.5, 0.6) is 0 Å². The molecule has 0 fully saturated rings. The molecule has 4 heterocycles. The Hall–Kier alpha value is -4.62. The van der Waals surface area contributed by atoms with E-state index in [1.165, 1.54) is 0 Å². The molecule has 2 aromatic carbocycles. The molecule has 0 radical (unpaired) electrons. The Bertz CT molecular complexity index is 1770. The van der Waals surface area contributed by atoms with Gasteiger partial charge in [0, 0.05) is 23.0 Å². The molecule has 0 bridgehead atoms. The van der Waals surface area contributed by atoms with Crippen LogP contribution >= 0.6 is 34.8 Å². The number of nitriles is 1. The number of hydrogen-bond acceptors (Lipinski definition) is 9. The van der Waals surface area contributed by atoms with E-state index >= 15 is 0 Å². The molecular formula is C27H14Cl3N7O2. The number of rotatable bonds is 4. The second-order valence-electron chi connectivity index (χ2n) is 7.72. The molecule has 0 atom stereocenters. The lowest BCUT2D eigenvalue weighted by Crippen LogP contribution is -1.85. The second kappa shape index (κ2) is 11.8. The summed E-state index contributed by atoms with van der Waals surface area (Å²) in [6.07, 6.45) is 3.32. The summed E-state index contributed by atoms with van der Waals surface area (Å²) in [6, 6.07) is 23.0. The largest absolute Gasteiger partial charge is 0.334 e. The van der Waals surface area contributed by atoms with E-state index in [1.807, 2.05) is 24.3 Å². The molecule has 6 rings (SSSR count). The third-order valence-corrected chi connectivity index (χ3v) is 6.13. The van der Waals surface area contributed by atoms with Gasteiger partial charge in [-0.3, -0.25) is 9.97 Å². The highest BCUT2D eigenvalue weighted by Gasteiger charge is 2.15. The van der Waals surface area contributed by atoms with Gasteiger partial charge in [-0.15, -0.1) is 0 Å². The third-order valence-electron chi connectivity index (χ3n) is 5.10. The summed E-state index contributed by atoms with van der Waals surface area (Å²) in [6.45, 7) is 0. The average molecular weight is 575 g/mol. The summed E-state index contributed by atoms with van der Waals surface area (Å²) >= 11 is 18.0. The van der Waals surface area contributed by atoms with Gasteiger partial charge in [-0.1, -0.05) is 63.3 Å². The Kier molecular flexibility index (Phi) is 7.89. The fourth-order valence-corrected chi connectivity index (χ4v) is 3.93. The van der Waals surface area contributed by atoms with Crippen LogP contribution < -0.4 is 0 Å². The maximum Gasteiger partial charge on any atom is 0.259 e. The highest BCUT2D eigenvalue weighted by atomic mass is 35.5. The number of aromatic nitrogens is 6. The molecule has 0 aliphatic carbocycles. The maximum atomic E-state index is 8.93. The third kappa shape index (κ3) is 6.10. The summed E-state index contributed by atoms with van der Waals surface area (Å²) in [5, 5.41) is 18.0. The standard InChI is InChI=1S/C14H7ClN4O.C13H7Cl2N3O/c15-11-6-9(8-16)5-10(7-11)14-18-13(19-20-14)12-3-1-2-4-17-12;14-9-5-3-4-8(11(9)15)13-17-12(18-19-13)10-6-1-2-7-16-10/h1-7H;1-7H. The van der Waals surface area contributed by atoms with Crippen molar-refractivity contribution in [1.29, 1.82) is 5.26 Å². The summed E-state index contributed by atoms with van der Waals surface area (Å²) in [4.78, 5) is 16.8. The van der Waals surface area contributed by atoms with Crippen LogP contribution in [0.1, 0.15) is 5.56 Å². The molecule has 6 aromatic rings. The van der Waals surface area contributed by atoms with E-state index in [0.717, 1.165) is 0 Å². The molecule has 0 spiro atoms. The van der Waals surface area contributed by atoms with E-state index in [1.54, 1.807) is 67.0 Å². The van der Waals surface area contributed by atoms with Gasteiger partial charge in [0.05, 0.1) is 27.2 Å². The minimum Gasteiger partial charge on any atom is -0.334 e. The molecule has 9 nitrogen and oxygen atoms in total. The zero-order valence-electron chi connectivity index (χ0n) is 19.7. The zero-order chi connectivity index (χ0) is 27.2. The smallest absolute Gasteiger partial charge is 0.259 e. The summed E-state index contributed by atoms with van der Waals surface area (Å²) in [5.41, 5.74) is 2.89. The molecule has 12 heteroatoms. The van der Waals surface area contributed by atoms with Gasteiger partial charge in [-0.05, 0) is 54.6 Å². The molecule has 190 valence electrons. The Balaban J connectivity index is 0.000000158. The van der Waals surface area contributed by atoms with E-state index in [-0.39, 0.29) is 0 Å². The molecule has 0 aliphatic rings. The fraction of sp³-hybridized carbons (Fsp3) is 0. The zero-order valence-corrected chi connectivity index (χ0v) is 21.9. The van der Waals surface area contributed by atoms with Crippen LogP contribution in [0, 0.1) is 11.3 Å². The van der Waals surface area contributed by atoms with Crippen molar-refractivity contribution in [1.82, 2.24) is 30.2 Å². The van der Waals surface area contributed by atoms with Crippen LogP contribution in [0.3, 0.4) is 0 Å². The highest BCUT2D eigenvalue weighted by molar-refractivity contribution is 6.43. The van der Waals surface area contributed by atoms with Gasteiger partial charge in [-0.25, -0.2) is 0 Å². The molecule has 0 saturated heterocycles. The monoisotopic (exact) mass is 573 g/mol. The fourth-order valence-electron chi connectivity index (χ4n) is 3.32. The Labute approximate surface area is 236 Å². The SMILES string of the molecule is Clc1cccc(-c2nc(-c3ccccn3)no2)c1Cl.N#Cc1cc(Cl)cc(-c2nc(-c3ccccn3)no2)c1. The van der Waals surface area contributed by atoms with Gasteiger partial charge in [0.25, 0.3) is 11.8 Å². The minimum atomic E-state index is 0.296. The van der Waals surface area contributed by atoms with Crippen molar-refractivity contribution in [3.63, 3.8) is 0 Å². The van der Waals surface area contributed by atoms with Gasteiger partial charge >= 0.3 is 0 Å². The average Bonchev–Trinajstić information content (AvgIpc) is 3.67. The number of halogens is 3. The molecule has 0 N–H and O–H groups in total. The van der Waals surface area contributed by atoms with Gasteiger partial charge < -0.3 is 9.05 Å². The van der Waals surface area contributed by atoms with Crippen molar-refractivity contribution in [3.8, 4) is 52.0 Å². The Morgan fingerprint density at radius 2 is 1.33 bits per heavy atom. The van der Waals surface area contributed by atoms with Gasteiger partial charge in [-0.2, -0.15) is 15.2 Å². The quantitative estimate of drug-likeness (QED) is 0.211. The van der Waals surface area contributed by atoms with Gasteiger partial charge in [0.15, 0.2) is 0 Å². The summed E-state index contributed by atoms with van der Waals surface area (Å²) in [5.74, 6) is 1.41. The van der Waals surface area contributed by atoms with Crippen molar-refractivity contribution in [2.24, 2.45) is 0 Å². The predicted molar refractivity (Wildman–Crippen MR) is 146 cm³/mol. The number of benzene rings is 2. The van der Waals surface area contributed by atoms with E-state index < -0.39 is 0 Å². The van der Waals surface area contributed by atoms with Crippen LogP contribution in [0.25, 0.3) is 45.9 Å². The van der Waals surface area contributed by atoms with E-state index in [9.17, 15) is 0 Å². The molecule has 0 amide bonds. The molecule has 0 unspecified atom stereocenters. The molecule has 39 heavy (non-hydrogen) atoms. The van der Waals surface area contributed by atoms with E-state index in [0.29, 0.717) is 66.6 Å². The lowest BCUT2D eigenvalue weighted by molar-refractivity contribution is 0.432. The molecule has 0 saturated carbocycles. The molecular weight excluding hydrogens is 561 g/mol. The first kappa shape index (κ1) is 26.0. The predicted octanol–water partition coefficient (Wildman–Crippen LogP) is 7.43. The number of pyridine rings is 2. The van der Waals surface area contributed by atoms with Crippen LogP contribution in [-0.4, -0.2) is 30.2 Å². The van der Waals surface area contributed by atoms with E-state index in [2.05, 4.69) is 30.2 Å². The number of hydrogen-bond donors (Lipinski definition) is 0. The number of nitrogens with zero attached hydrogens (tertiary/aromatic N) is 7. The first-order valence-electron chi connectivity index (χ1n) is 11.2. The first-order valence-corrected chi connectivity index (χ1v) is 12.3. The Morgan fingerprint density at radius 3 is 1.95 bits per heavy atom. The van der Waals surface area contributed by atoms with Crippen molar-refractivity contribution in [3.05, 3.63) is 106 Å². The van der Waals surface area contributed by atoms with Crippen LogP contribution in [0.15, 0.2) is 94.2 Å². The lowest BCUT2D eigenvalue weighted by Gasteiger charge is -1.99. The van der Waals surface area contributed by atoms with Crippen LogP contribution in [0.2, 0.25) is 15.1 Å². The second-order valence-corrected chi connectivity index (χ2v) is 8.94. The van der Waals surface area contributed by atoms with Crippen LogP contribution in [0.4, 0.5) is 0 Å². The normalized spacial score (nSPS) is 10.4. The van der Waals surface area contributed by atoms with Crippen LogP contribution in [-0.2, 0) is 0 Å². The van der Waals surface area contributed by atoms with Gasteiger partial charge in [0.1, 0.15) is 11.4 Å². The van der Waals surface area contributed by atoms with Gasteiger partial charge in [0.2, 0.25) is 11.6 Å². The Morgan fingerprint density at radius 1 is 0.692 bits per heavy atom. The van der Waals surface area contributed by atoms with E-state index in [4.69, 9.17) is 49.1 Å². The summed E-state index contributed by atoms with van der Waals surface area (Å²) in [7, 11) is 0. The van der Waals surface area contributed by atoms with Crippen molar-refractivity contribution in [2.75, 3.05) is 0 Å². The maximum absolute atomic E-state index is 8.93. The first-order chi connectivity index (χ1) is 19.0. The van der Waals surface area contributed by atoms with Crippen molar-refractivity contribution >= 4 is 34.8 Å². The lowest BCUT2D eigenvalue weighted by atomic mass is 10.1. The molecule has 4 aromatic heterocycles. The highest BCUT2D eigenvalue weighted by Crippen LogP contribution is 2.33. The minimum absolute atomic E-state index is 0.296. The van der Waals surface area contributed by atoms with Crippen molar-refractivity contribution < 1.29 is 9.05 Å².